The van der Waals surface area contributed by atoms with Crippen molar-refractivity contribution in [3.8, 4) is 44.5 Å². The van der Waals surface area contributed by atoms with Crippen molar-refractivity contribution in [2.24, 2.45) is 0 Å². The third-order valence-corrected chi connectivity index (χ3v) is 16.3. The normalized spacial score (nSPS) is 11.8. The third kappa shape index (κ3) is 9.81. The summed E-state index contributed by atoms with van der Waals surface area (Å²) in [6.45, 7) is 6.88. The van der Waals surface area contributed by atoms with Gasteiger partial charge < -0.3 is 0 Å². The number of hydrogen-bond donors (Lipinski definition) is 0. The molecule has 0 N–H and O–H groups in total. The van der Waals surface area contributed by atoms with Crippen LogP contribution in [0.2, 0.25) is 0 Å². The Morgan fingerprint density at radius 2 is 0.377 bits per heavy atom. The summed E-state index contributed by atoms with van der Waals surface area (Å²) in [5.74, 6) is -44.9. The van der Waals surface area contributed by atoms with E-state index >= 15 is 70.2 Å². The number of halogens is 16. The first-order valence-electron chi connectivity index (χ1n) is 23.3. The molecule has 8 aromatic rings. The van der Waals surface area contributed by atoms with Crippen molar-refractivity contribution < 1.29 is 70.2 Å². The maximum atomic E-state index is 17.8. The first-order valence-corrected chi connectivity index (χ1v) is 27.2. The van der Waals surface area contributed by atoms with Crippen molar-refractivity contribution in [3.05, 3.63) is 190 Å². The molecule has 0 aromatic heterocycles. The summed E-state index contributed by atoms with van der Waals surface area (Å²) in [7, 11) is 0. The summed E-state index contributed by atoms with van der Waals surface area (Å²) in [6, 6.07) is 16.9. The van der Waals surface area contributed by atoms with Gasteiger partial charge in [-0.05, 0) is 93.8 Å². The van der Waals surface area contributed by atoms with E-state index in [0.717, 1.165) is 48.5 Å². The molecule has 0 unspecified atom stereocenters. The second kappa shape index (κ2) is 23.2. The second-order valence-corrected chi connectivity index (χ2v) is 22.2. The smallest absolute Gasteiger partial charge is 0.166 e. The summed E-state index contributed by atoms with van der Waals surface area (Å²) in [4.78, 5) is 1.70. The minimum absolute atomic E-state index is 0.426. The zero-order chi connectivity index (χ0) is 55.9. The van der Waals surface area contributed by atoms with Crippen molar-refractivity contribution in [1.29, 1.82) is 0 Å². The van der Waals surface area contributed by atoms with Gasteiger partial charge in [-0.2, -0.15) is 0 Å². The van der Waals surface area contributed by atoms with Gasteiger partial charge in [0.25, 0.3) is 0 Å². The maximum absolute atomic E-state index is 17.8. The fourth-order valence-corrected chi connectivity index (χ4v) is 12.2. The van der Waals surface area contributed by atoms with Gasteiger partial charge in [-0.1, -0.05) is 76.2 Å². The molecule has 0 spiro atoms. The Labute approximate surface area is 448 Å². The predicted molar refractivity (Wildman–Crippen MR) is 277 cm³/mol. The van der Waals surface area contributed by atoms with E-state index in [1.54, 1.807) is 27.7 Å². The lowest BCUT2D eigenvalue weighted by Crippen LogP contribution is -2.81. The van der Waals surface area contributed by atoms with Gasteiger partial charge >= 0.3 is 0 Å². The monoisotopic (exact) mass is 1150 g/mol. The van der Waals surface area contributed by atoms with Crippen molar-refractivity contribution in [3.63, 3.8) is 0 Å². The highest BCUT2D eigenvalue weighted by Gasteiger charge is 2.52. The fraction of sp³-hybridized carbons (Fsp3) is 0.143. The number of benzene rings is 8. The highest BCUT2D eigenvalue weighted by atomic mass is 32.2. The minimum Gasteiger partial charge on any atom is -0.207 e. The topological polar surface area (TPSA) is 0 Å². The molecule has 77 heavy (non-hydrogen) atoms. The number of rotatable bonds is 16. The molecular formula is C56H36BF16S4-. The Hall–Kier alpha value is -5.90. The van der Waals surface area contributed by atoms with E-state index in [1.807, 2.05) is 0 Å². The zero-order valence-corrected chi connectivity index (χ0v) is 43.6. The Balaban J connectivity index is 1.64. The number of hydrogen-bond acceptors (Lipinski definition) is 4. The molecule has 0 radical (unpaired) electrons. The van der Waals surface area contributed by atoms with E-state index in [0.29, 0.717) is 42.6 Å². The van der Waals surface area contributed by atoms with Gasteiger partial charge in [-0.15, -0.1) is 68.9 Å². The van der Waals surface area contributed by atoms with Crippen molar-refractivity contribution >= 4 is 75.0 Å². The van der Waals surface area contributed by atoms with Crippen molar-refractivity contribution in [2.75, 3.05) is 23.0 Å². The molecule has 0 atom stereocenters. The Bertz CT molecular complexity index is 2990. The van der Waals surface area contributed by atoms with Gasteiger partial charge in [0.2, 0.25) is 0 Å². The molecule has 0 amide bonds. The summed E-state index contributed by atoms with van der Waals surface area (Å²) >= 11 is 4.72. The van der Waals surface area contributed by atoms with Crippen LogP contribution in [-0.2, 0) is 0 Å². The van der Waals surface area contributed by atoms with Crippen LogP contribution in [0.4, 0.5) is 70.2 Å². The lowest BCUT2D eigenvalue weighted by Gasteiger charge is -2.45. The average molecular weight is 1150 g/mol. The first kappa shape index (κ1) is 57.3. The molecule has 0 aliphatic carbocycles. The standard InChI is InChI=1S/C56H36BF16S4/c1-5-74-29-17-9-25(10-18-29)33-41(58)49(66)37(50(67)42(33)59)57(38-51(68)43(60)34(44(61)52(38)69)26-11-19-30(20-12-26)75-6-2,39-53(70)45(62)35(46(63)54(39)71)27-13-21-31(22-14-27)76-7-3)40-55(72)47(64)36(48(65)56(40)73)28-15-23-32(24-16-28)77-8-4/h9-24H,5-8H2,1-4H3/q-1. The van der Waals surface area contributed by atoms with Crippen molar-refractivity contribution in [2.45, 2.75) is 47.3 Å². The van der Waals surface area contributed by atoms with Gasteiger partial charge in [0.15, 0.2) is 46.5 Å². The number of thioether (sulfide) groups is 4. The highest BCUT2D eigenvalue weighted by Crippen LogP contribution is 2.40. The van der Waals surface area contributed by atoms with Crippen LogP contribution in [0.15, 0.2) is 117 Å². The summed E-state index contributed by atoms with van der Waals surface area (Å²) in [6.07, 6.45) is -6.91. The minimum atomic E-state index is -6.91. The summed E-state index contributed by atoms with van der Waals surface area (Å²) < 4.78 is 279. The van der Waals surface area contributed by atoms with Gasteiger partial charge in [-0.25, -0.2) is 70.2 Å². The van der Waals surface area contributed by atoms with Gasteiger partial charge in [0, 0.05) is 19.6 Å². The van der Waals surface area contributed by atoms with E-state index in [2.05, 4.69) is 0 Å². The molecule has 0 saturated heterocycles. The van der Waals surface area contributed by atoms with Crippen LogP contribution < -0.4 is 21.9 Å². The van der Waals surface area contributed by atoms with E-state index in [-0.39, 0.29) is 0 Å². The van der Waals surface area contributed by atoms with E-state index in [9.17, 15) is 0 Å². The molecule has 0 fully saturated rings. The lowest BCUT2D eigenvalue weighted by molar-refractivity contribution is 0.457. The van der Waals surface area contributed by atoms with Gasteiger partial charge in [0.1, 0.15) is 52.7 Å². The Morgan fingerprint density at radius 3 is 0.506 bits per heavy atom. The summed E-state index contributed by atoms with van der Waals surface area (Å²) in [5, 5.41) is 0. The Morgan fingerprint density at radius 1 is 0.234 bits per heavy atom. The largest absolute Gasteiger partial charge is 0.207 e. The zero-order valence-electron chi connectivity index (χ0n) is 40.3. The molecular weight excluding hydrogens is 1120 g/mol. The fourth-order valence-electron chi connectivity index (χ4n) is 9.53. The van der Waals surface area contributed by atoms with Crippen LogP contribution in [0.1, 0.15) is 27.7 Å². The van der Waals surface area contributed by atoms with Crippen LogP contribution in [-0.4, -0.2) is 29.2 Å². The molecule has 8 rings (SSSR count). The van der Waals surface area contributed by atoms with Gasteiger partial charge in [-0.3, -0.25) is 0 Å². The molecule has 0 saturated carbocycles. The lowest BCUT2D eigenvalue weighted by atomic mass is 9.12. The second-order valence-electron chi connectivity index (χ2n) is 16.9. The molecule has 0 heterocycles. The maximum Gasteiger partial charge on any atom is 0.166 e. The molecule has 0 aliphatic heterocycles. The molecule has 0 aliphatic rings. The third-order valence-electron chi connectivity index (χ3n) is 12.7. The van der Waals surface area contributed by atoms with Crippen LogP contribution >= 0.6 is 47.0 Å². The SMILES string of the molecule is CCSc1ccc(-c2c(F)c(F)c([B-](c3c(F)c(F)c(-c4ccc(SCC)cc4)c(F)c3F)(c3c(F)c(F)c(-c4ccc(SCC)cc4)c(F)c3F)c3c(F)c(F)c(-c4ccc(SCC)cc4)c(F)c3F)c(F)c2F)cc1. The van der Waals surface area contributed by atoms with Crippen molar-refractivity contribution in [1.82, 2.24) is 0 Å². The highest BCUT2D eigenvalue weighted by molar-refractivity contribution is 8.00. The molecule has 0 bridgehead atoms. The van der Waals surface area contributed by atoms with E-state index in [1.165, 1.54) is 95.6 Å². The molecule has 400 valence electrons. The van der Waals surface area contributed by atoms with E-state index < -0.39 is 166 Å². The Kier molecular flexibility index (Phi) is 17.3. The predicted octanol–water partition coefficient (Wildman–Crippen LogP) is 16.4. The van der Waals surface area contributed by atoms with Crippen LogP contribution in [0.5, 0.6) is 0 Å². The van der Waals surface area contributed by atoms with E-state index in [4.69, 9.17) is 0 Å². The van der Waals surface area contributed by atoms with Crippen LogP contribution in [0.25, 0.3) is 44.5 Å². The van der Waals surface area contributed by atoms with Crippen LogP contribution in [0, 0.1) is 93.1 Å². The van der Waals surface area contributed by atoms with Gasteiger partial charge in [0.05, 0.1) is 22.3 Å². The molecule has 8 aromatic carbocycles. The summed E-state index contributed by atoms with van der Waals surface area (Å²) in [5.41, 5.74) is -22.0. The molecule has 21 heteroatoms. The first-order chi connectivity index (χ1) is 36.7. The molecule has 0 nitrogen and oxygen atoms in total. The quantitative estimate of drug-likeness (QED) is 0.0409. The van der Waals surface area contributed by atoms with Crippen LogP contribution in [0.3, 0.4) is 0 Å². The average Bonchev–Trinajstić information content (AvgIpc) is 3.47.